The summed E-state index contributed by atoms with van der Waals surface area (Å²) in [5.41, 5.74) is 11.8. The number of primary amides is 1. The fourth-order valence-corrected chi connectivity index (χ4v) is 3.05. The van der Waals surface area contributed by atoms with E-state index in [4.69, 9.17) is 11.5 Å². The maximum Gasteiger partial charge on any atom is 0.326 e. The monoisotopic (exact) mass is 491 g/mol. The van der Waals surface area contributed by atoms with Crippen molar-refractivity contribution in [1.29, 1.82) is 0 Å². The van der Waals surface area contributed by atoms with Gasteiger partial charge in [0, 0.05) is 43.0 Å². The molecule has 0 saturated heterocycles. The molecule has 0 saturated carbocycles. The summed E-state index contributed by atoms with van der Waals surface area (Å²) in [4.78, 5) is 74.3. The highest BCUT2D eigenvalue weighted by molar-refractivity contribution is 5.94. The second-order valence-electron chi connectivity index (χ2n) is 7.88. The summed E-state index contributed by atoms with van der Waals surface area (Å²) < 4.78 is 0. The van der Waals surface area contributed by atoms with Gasteiger partial charge < -0.3 is 42.5 Å². The van der Waals surface area contributed by atoms with Gasteiger partial charge in [0.2, 0.25) is 23.6 Å². The van der Waals surface area contributed by atoms with Crippen LogP contribution in [0, 0.1) is 0 Å². The number of aromatic nitrogens is 4. The van der Waals surface area contributed by atoms with Crippen LogP contribution in [-0.4, -0.2) is 78.8 Å². The Bertz CT molecular complexity index is 1010. The van der Waals surface area contributed by atoms with Gasteiger partial charge >= 0.3 is 5.97 Å². The van der Waals surface area contributed by atoms with Crippen molar-refractivity contribution in [3.05, 3.63) is 36.4 Å². The molecule has 0 spiro atoms. The molecule has 0 aliphatic rings. The minimum Gasteiger partial charge on any atom is -0.480 e. The quantitative estimate of drug-likeness (QED) is 0.134. The Morgan fingerprint density at radius 1 is 0.886 bits per heavy atom. The second-order valence-corrected chi connectivity index (χ2v) is 7.88. The van der Waals surface area contributed by atoms with Crippen molar-refractivity contribution in [1.82, 2.24) is 35.9 Å². The van der Waals surface area contributed by atoms with Crippen molar-refractivity contribution in [3.63, 3.8) is 0 Å². The summed E-state index contributed by atoms with van der Waals surface area (Å²) in [7, 11) is 0. The van der Waals surface area contributed by atoms with E-state index in [1.807, 2.05) is 0 Å². The SMILES string of the molecule is CC(N)C(=O)NC(Cc1cnc[nH]1)C(=O)NC(CCC(N)=O)C(=O)NC(Cc1cnc[nH]1)C(=O)O. The van der Waals surface area contributed by atoms with Crippen LogP contribution in [0.15, 0.2) is 25.0 Å². The molecule has 4 atom stereocenters. The normalized spacial score (nSPS) is 14.2. The van der Waals surface area contributed by atoms with Crippen LogP contribution >= 0.6 is 0 Å². The lowest BCUT2D eigenvalue weighted by molar-refractivity contribution is -0.142. The van der Waals surface area contributed by atoms with Crippen molar-refractivity contribution in [3.8, 4) is 0 Å². The molecule has 0 aromatic carbocycles. The van der Waals surface area contributed by atoms with E-state index in [9.17, 15) is 29.1 Å². The lowest BCUT2D eigenvalue weighted by Gasteiger charge is -2.24. The van der Waals surface area contributed by atoms with Crippen LogP contribution in [0.4, 0.5) is 0 Å². The van der Waals surface area contributed by atoms with Crippen LogP contribution in [0.1, 0.15) is 31.2 Å². The molecule has 10 N–H and O–H groups in total. The molecule has 2 aromatic heterocycles. The highest BCUT2D eigenvalue weighted by atomic mass is 16.4. The van der Waals surface area contributed by atoms with Gasteiger partial charge in [0.25, 0.3) is 0 Å². The number of imidazole rings is 2. The van der Waals surface area contributed by atoms with E-state index in [0.29, 0.717) is 11.4 Å². The minimum absolute atomic E-state index is 0.00598. The number of carboxylic acid groups (broad SMARTS) is 1. The van der Waals surface area contributed by atoms with E-state index in [1.54, 1.807) is 0 Å². The standard InChI is InChI=1S/C20H29N9O6/c1-10(21)17(31)28-14(4-11-6-23-8-25-11)19(33)27-13(2-3-16(22)30)18(32)29-15(20(34)35)5-12-7-24-9-26-12/h6-10,13-15H,2-5,21H2,1H3,(H2,22,30)(H,23,25)(H,24,26)(H,27,33)(H,28,31)(H,29,32)(H,34,35). The first-order valence-corrected chi connectivity index (χ1v) is 10.7. The number of aromatic amines is 2. The first kappa shape index (κ1) is 27.0. The van der Waals surface area contributed by atoms with Crippen LogP contribution in [0.3, 0.4) is 0 Å². The zero-order valence-corrected chi connectivity index (χ0v) is 19.0. The van der Waals surface area contributed by atoms with Crippen LogP contribution in [0.25, 0.3) is 0 Å². The third-order valence-electron chi connectivity index (χ3n) is 4.93. The highest BCUT2D eigenvalue weighted by Gasteiger charge is 2.30. The average Bonchev–Trinajstić information content (AvgIpc) is 3.49. The maximum absolute atomic E-state index is 13.0. The van der Waals surface area contributed by atoms with Gasteiger partial charge in [0.05, 0.1) is 18.7 Å². The van der Waals surface area contributed by atoms with Crippen LogP contribution in [0.2, 0.25) is 0 Å². The predicted octanol–water partition coefficient (Wildman–Crippen LogP) is -2.93. The lowest BCUT2D eigenvalue weighted by atomic mass is 10.1. The van der Waals surface area contributed by atoms with Crippen molar-refractivity contribution in [2.24, 2.45) is 11.5 Å². The van der Waals surface area contributed by atoms with Crippen LogP contribution in [0.5, 0.6) is 0 Å². The molecule has 15 nitrogen and oxygen atoms in total. The number of nitrogens with zero attached hydrogens (tertiary/aromatic N) is 2. The highest BCUT2D eigenvalue weighted by Crippen LogP contribution is 2.05. The largest absolute Gasteiger partial charge is 0.480 e. The minimum atomic E-state index is -1.34. The third-order valence-corrected chi connectivity index (χ3v) is 4.93. The molecule has 4 amide bonds. The van der Waals surface area contributed by atoms with Crippen molar-refractivity contribution < 1.29 is 29.1 Å². The van der Waals surface area contributed by atoms with Gasteiger partial charge in [-0.3, -0.25) is 19.2 Å². The van der Waals surface area contributed by atoms with E-state index in [2.05, 4.69) is 35.9 Å². The van der Waals surface area contributed by atoms with Crippen molar-refractivity contribution >= 4 is 29.6 Å². The molecule has 2 rings (SSSR count). The molecule has 2 aromatic rings. The first-order chi connectivity index (χ1) is 16.6. The Labute approximate surface area is 199 Å². The van der Waals surface area contributed by atoms with E-state index in [0.717, 1.165) is 0 Å². The fraction of sp³-hybridized carbons (Fsp3) is 0.450. The Balaban J connectivity index is 2.17. The lowest BCUT2D eigenvalue weighted by Crippen LogP contribution is -2.57. The smallest absolute Gasteiger partial charge is 0.326 e. The van der Waals surface area contributed by atoms with Gasteiger partial charge in [0.1, 0.15) is 18.1 Å². The predicted molar refractivity (Wildman–Crippen MR) is 120 cm³/mol. The van der Waals surface area contributed by atoms with Gasteiger partial charge in [0.15, 0.2) is 0 Å². The number of carboxylic acids is 1. The van der Waals surface area contributed by atoms with E-state index < -0.39 is 53.8 Å². The van der Waals surface area contributed by atoms with Crippen molar-refractivity contribution in [2.75, 3.05) is 0 Å². The number of nitrogens with one attached hydrogen (secondary N) is 5. The van der Waals surface area contributed by atoms with Gasteiger partial charge in [-0.25, -0.2) is 14.8 Å². The summed E-state index contributed by atoms with van der Waals surface area (Å²) in [5.74, 6) is -4.23. The molecule has 0 radical (unpaired) electrons. The molecule has 0 aliphatic carbocycles. The van der Waals surface area contributed by atoms with Crippen LogP contribution in [-0.2, 0) is 36.8 Å². The molecule has 35 heavy (non-hydrogen) atoms. The summed E-state index contributed by atoms with van der Waals surface area (Å²) in [5, 5.41) is 16.8. The first-order valence-electron chi connectivity index (χ1n) is 10.7. The second kappa shape index (κ2) is 12.8. The summed E-state index contributed by atoms with van der Waals surface area (Å²) in [6.45, 7) is 1.44. The Kier molecular flexibility index (Phi) is 9.89. The van der Waals surface area contributed by atoms with E-state index in [1.165, 1.54) is 32.0 Å². The molecule has 0 bridgehead atoms. The molecule has 190 valence electrons. The molecule has 4 unspecified atom stereocenters. The summed E-state index contributed by atoms with van der Waals surface area (Å²) >= 11 is 0. The zero-order valence-electron chi connectivity index (χ0n) is 19.0. The molecule has 2 heterocycles. The number of carbonyl (C=O) groups is 5. The number of H-pyrrole nitrogens is 2. The molecular formula is C20H29N9O6. The fourth-order valence-electron chi connectivity index (χ4n) is 3.05. The van der Waals surface area contributed by atoms with Gasteiger partial charge in [-0.05, 0) is 13.3 Å². The zero-order chi connectivity index (χ0) is 26.0. The number of carbonyl (C=O) groups excluding carboxylic acids is 4. The van der Waals surface area contributed by atoms with E-state index in [-0.39, 0.29) is 25.7 Å². The van der Waals surface area contributed by atoms with Gasteiger partial charge in [-0.15, -0.1) is 0 Å². The van der Waals surface area contributed by atoms with Crippen molar-refractivity contribution in [2.45, 2.75) is 56.8 Å². The van der Waals surface area contributed by atoms with Crippen LogP contribution < -0.4 is 27.4 Å². The molecular weight excluding hydrogens is 462 g/mol. The summed E-state index contributed by atoms with van der Waals surface area (Å²) in [6.07, 6.45) is 5.10. The number of hydrogen-bond acceptors (Lipinski definition) is 8. The Hall–Kier alpha value is -4.27. The van der Waals surface area contributed by atoms with Gasteiger partial charge in [-0.1, -0.05) is 0 Å². The van der Waals surface area contributed by atoms with Gasteiger partial charge in [-0.2, -0.15) is 0 Å². The molecule has 0 aliphatic heterocycles. The number of hydrogen-bond donors (Lipinski definition) is 8. The topological polar surface area (TPSA) is 251 Å². The number of nitrogens with two attached hydrogens (primary N) is 2. The molecule has 15 heteroatoms. The number of aliphatic carboxylic acids is 1. The Morgan fingerprint density at radius 3 is 1.83 bits per heavy atom. The third kappa shape index (κ3) is 8.88. The van der Waals surface area contributed by atoms with E-state index >= 15 is 0 Å². The maximum atomic E-state index is 13.0. The average molecular weight is 492 g/mol. The summed E-state index contributed by atoms with van der Waals surface area (Å²) in [6, 6.07) is -4.69. The number of rotatable bonds is 14. The number of amides is 4. The Morgan fingerprint density at radius 2 is 1.37 bits per heavy atom. The molecule has 0 fully saturated rings.